The molecule has 8 aromatic rings. The smallest absolute Gasteiger partial charge is 0.161 e. The second-order valence-corrected chi connectivity index (χ2v) is 14.1. The van der Waals surface area contributed by atoms with E-state index in [1.54, 1.807) is 14.2 Å². The highest BCUT2D eigenvalue weighted by Gasteiger charge is 2.32. The number of hydrogen-bond donors (Lipinski definition) is 0. The van der Waals surface area contributed by atoms with Gasteiger partial charge in [0.25, 0.3) is 0 Å². The fourth-order valence-corrected chi connectivity index (χ4v) is 7.80. The Kier molecular flexibility index (Phi) is 10.2. The van der Waals surface area contributed by atoms with Crippen molar-refractivity contribution in [1.82, 2.24) is 19.1 Å². The first-order valence-electron chi connectivity index (χ1n) is 17.7. The Morgan fingerprint density at radius 2 is 0.891 bits per heavy atom. The normalized spacial score (nSPS) is 11.7. The van der Waals surface area contributed by atoms with E-state index in [4.69, 9.17) is 54.2 Å². The molecule has 0 N–H and O–H groups in total. The van der Waals surface area contributed by atoms with Gasteiger partial charge < -0.3 is 18.6 Å². The predicted octanol–water partition coefficient (Wildman–Crippen LogP) is 13.1. The van der Waals surface area contributed by atoms with Crippen molar-refractivity contribution in [1.29, 1.82) is 0 Å². The molecule has 0 bridgehead atoms. The van der Waals surface area contributed by atoms with Crippen LogP contribution in [-0.4, -0.2) is 33.3 Å². The van der Waals surface area contributed by atoms with Gasteiger partial charge in [0, 0.05) is 38.4 Å². The second kappa shape index (κ2) is 15.5. The molecular weight excluding hydrogens is 747 g/mol. The summed E-state index contributed by atoms with van der Waals surface area (Å²) in [4.78, 5) is 10.9. The van der Waals surface area contributed by atoms with Crippen LogP contribution in [0.15, 0.2) is 152 Å². The third kappa shape index (κ3) is 6.67. The van der Waals surface area contributed by atoms with E-state index in [2.05, 4.69) is 40.3 Å². The zero-order chi connectivity index (χ0) is 38.1. The fraction of sp³-hybridized carbons (Fsp3) is 0.0870. The van der Waals surface area contributed by atoms with Crippen molar-refractivity contribution < 1.29 is 9.47 Å². The number of imidazole rings is 2. The maximum atomic E-state index is 7.14. The quantitative estimate of drug-likeness (QED) is 0.139. The molecule has 0 fully saturated rings. The molecule has 1 unspecified atom stereocenters. The Labute approximate surface area is 335 Å². The topological polar surface area (TPSA) is 54.1 Å². The molecule has 0 radical (unpaired) electrons. The van der Waals surface area contributed by atoms with Crippen LogP contribution in [0.1, 0.15) is 13.1 Å². The summed E-state index contributed by atoms with van der Waals surface area (Å²) >= 11 is 21.2. The van der Waals surface area contributed by atoms with Crippen LogP contribution in [0.2, 0.25) is 15.1 Å². The Balaban J connectivity index is 1.53. The standard InChI is InChI=1S/C46H35Cl3N4O2/c1-29(52-43(31-18-8-5-9-19-31)41(30-16-6-4-7-17-30)50-45(52)34-21-11-14-24-37(34)48)53-44(33-20-10-13-23-36(33)47)42(32-26-27-39(54-2)40(28-32)55-3)51-46(53)35-22-12-15-25-38(35)49/h4-29H,1-3H3. The summed E-state index contributed by atoms with van der Waals surface area (Å²) in [6, 6.07) is 49.7. The summed E-state index contributed by atoms with van der Waals surface area (Å²) in [5.41, 5.74) is 8.26. The summed E-state index contributed by atoms with van der Waals surface area (Å²) in [6.07, 6.45) is -0.495. The highest BCUT2D eigenvalue weighted by Crippen LogP contribution is 2.47. The molecule has 0 amide bonds. The summed E-state index contributed by atoms with van der Waals surface area (Å²) in [5.74, 6) is 2.50. The van der Waals surface area contributed by atoms with Crippen molar-refractivity contribution in [3.05, 3.63) is 167 Å². The van der Waals surface area contributed by atoms with Crippen LogP contribution in [0.25, 0.3) is 67.8 Å². The van der Waals surface area contributed by atoms with E-state index in [1.807, 2.05) is 127 Å². The third-order valence-electron chi connectivity index (χ3n) is 9.68. The van der Waals surface area contributed by atoms with Crippen molar-refractivity contribution >= 4 is 34.8 Å². The van der Waals surface area contributed by atoms with Crippen molar-refractivity contribution in [3.63, 3.8) is 0 Å². The number of benzene rings is 6. The average molecular weight is 782 g/mol. The molecular formula is C46H35Cl3N4O2. The molecule has 0 aliphatic rings. The van der Waals surface area contributed by atoms with Crippen LogP contribution >= 0.6 is 34.8 Å². The van der Waals surface area contributed by atoms with Gasteiger partial charge >= 0.3 is 0 Å². The van der Waals surface area contributed by atoms with Crippen molar-refractivity contribution in [2.45, 2.75) is 13.1 Å². The van der Waals surface area contributed by atoms with Gasteiger partial charge in [0.15, 0.2) is 11.5 Å². The molecule has 1 atom stereocenters. The minimum Gasteiger partial charge on any atom is -0.493 e. The monoisotopic (exact) mass is 780 g/mol. The summed E-state index contributed by atoms with van der Waals surface area (Å²) in [6.45, 7) is 2.14. The van der Waals surface area contributed by atoms with E-state index >= 15 is 0 Å². The molecule has 6 nitrogen and oxygen atoms in total. The highest BCUT2D eigenvalue weighted by molar-refractivity contribution is 6.34. The minimum absolute atomic E-state index is 0.495. The van der Waals surface area contributed by atoms with Gasteiger partial charge in [0.2, 0.25) is 0 Å². The zero-order valence-corrected chi connectivity index (χ0v) is 32.5. The van der Waals surface area contributed by atoms with Gasteiger partial charge in [0.1, 0.15) is 17.8 Å². The number of hydrogen-bond acceptors (Lipinski definition) is 4. The fourth-order valence-electron chi connectivity index (χ4n) is 7.14. The number of aromatic nitrogens is 4. The first-order chi connectivity index (χ1) is 26.9. The van der Waals surface area contributed by atoms with Gasteiger partial charge in [-0.1, -0.05) is 138 Å². The molecule has 272 valence electrons. The molecule has 6 aromatic carbocycles. The first-order valence-corrected chi connectivity index (χ1v) is 18.8. The number of halogens is 3. The molecule has 0 saturated heterocycles. The van der Waals surface area contributed by atoms with E-state index in [1.165, 1.54) is 0 Å². The lowest BCUT2D eigenvalue weighted by atomic mass is 10.0. The lowest BCUT2D eigenvalue weighted by molar-refractivity contribution is 0.355. The molecule has 0 aliphatic carbocycles. The lowest BCUT2D eigenvalue weighted by Crippen LogP contribution is -2.19. The molecule has 0 aliphatic heterocycles. The van der Waals surface area contributed by atoms with Crippen molar-refractivity contribution in [2.75, 3.05) is 14.2 Å². The zero-order valence-electron chi connectivity index (χ0n) is 30.3. The maximum Gasteiger partial charge on any atom is 0.161 e. The van der Waals surface area contributed by atoms with Crippen LogP contribution in [0.4, 0.5) is 0 Å². The van der Waals surface area contributed by atoms with Gasteiger partial charge in [-0.3, -0.25) is 0 Å². The Hall–Kier alpha value is -5.79. The molecule has 0 spiro atoms. The van der Waals surface area contributed by atoms with E-state index < -0.39 is 6.17 Å². The third-order valence-corrected chi connectivity index (χ3v) is 10.7. The van der Waals surface area contributed by atoms with E-state index in [9.17, 15) is 0 Å². The molecule has 9 heteroatoms. The van der Waals surface area contributed by atoms with Crippen LogP contribution in [-0.2, 0) is 0 Å². The van der Waals surface area contributed by atoms with Gasteiger partial charge in [0.05, 0.1) is 47.0 Å². The van der Waals surface area contributed by atoms with Crippen LogP contribution in [0.3, 0.4) is 0 Å². The Morgan fingerprint density at radius 3 is 1.40 bits per heavy atom. The molecule has 8 rings (SSSR count). The molecule has 0 saturated carbocycles. The second-order valence-electron chi connectivity index (χ2n) is 12.9. The van der Waals surface area contributed by atoms with Crippen molar-refractivity contribution in [3.8, 4) is 79.3 Å². The van der Waals surface area contributed by atoms with Crippen LogP contribution in [0, 0.1) is 0 Å². The van der Waals surface area contributed by atoms with Gasteiger partial charge in [-0.25, -0.2) is 9.97 Å². The van der Waals surface area contributed by atoms with Gasteiger partial charge in [-0.2, -0.15) is 0 Å². The van der Waals surface area contributed by atoms with Crippen LogP contribution < -0.4 is 9.47 Å². The number of rotatable bonds is 10. The maximum absolute atomic E-state index is 7.14. The van der Waals surface area contributed by atoms with Gasteiger partial charge in [-0.15, -0.1) is 0 Å². The summed E-state index contributed by atoms with van der Waals surface area (Å²) in [5, 5.41) is 1.69. The summed E-state index contributed by atoms with van der Waals surface area (Å²) < 4.78 is 15.9. The van der Waals surface area contributed by atoms with E-state index in [-0.39, 0.29) is 0 Å². The van der Waals surface area contributed by atoms with E-state index in [0.29, 0.717) is 43.9 Å². The lowest BCUT2D eigenvalue weighted by Gasteiger charge is -2.26. The Morgan fingerprint density at radius 1 is 0.455 bits per heavy atom. The largest absolute Gasteiger partial charge is 0.493 e. The summed E-state index contributed by atoms with van der Waals surface area (Å²) in [7, 11) is 3.24. The first kappa shape index (κ1) is 36.2. The SMILES string of the molecule is COc1ccc(-c2nc(-c3ccccc3Cl)n(C(C)n3c(-c4ccccc4Cl)nc(-c4ccccc4)c3-c3ccccc3)c2-c2ccccc2Cl)cc1OC. The minimum atomic E-state index is -0.495. The van der Waals surface area contributed by atoms with E-state index in [0.717, 1.165) is 50.5 Å². The molecule has 2 aromatic heterocycles. The van der Waals surface area contributed by atoms with Crippen molar-refractivity contribution in [2.24, 2.45) is 0 Å². The molecule has 55 heavy (non-hydrogen) atoms. The average Bonchev–Trinajstić information content (AvgIpc) is 3.82. The Bertz CT molecular complexity index is 2640. The number of nitrogens with zero attached hydrogens (tertiary/aromatic N) is 4. The van der Waals surface area contributed by atoms with Gasteiger partial charge in [-0.05, 0) is 55.5 Å². The number of methoxy groups -OCH3 is 2. The van der Waals surface area contributed by atoms with Crippen LogP contribution in [0.5, 0.6) is 11.5 Å². The predicted molar refractivity (Wildman–Crippen MR) is 225 cm³/mol. The number of ether oxygens (including phenoxy) is 2. The highest BCUT2D eigenvalue weighted by atomic mass is 35.5. The molecule has 2 heterocycles.